The highest BCUT2D eigenvalue weighted by Gasteiger charge is 2.32. The molecule has 2 amide bonds. The van der Waals surface area contributed by atoms with Crippen LogP contribution < -0.4 is 34.7 Å². The van der Waals surface area contributed by atoms with E-state index in [9.17, 15) is 4.79 Å². The van der Waals surface area contributed by atoms with E-state index in [1.54, 1.807) is 14.1 Å². The molecule has 236 valence electrons. The first-order valence-electron chi connectivity index (χ1n) is 14.7. The van der Waals surface area contributed by atoms with Gasteiger partial charge < -0.3 is 34.3 Å². The van der Waals surface area contributed by atoms with Crippen molar-refractivity contribution in [3.63, 3.8) is 0 Å². The Labute approximate surface area is 264 Å². The third-order valence-electron chi connectivity index (χ3n) is 6.44. The Bertz CT molecular complexity index is 1470. The second kappa shape index (κ2) is 16.5. The molecule has 0 fully saturated rings. The molecule has 0 bridgehead atoms. The van der Waals surface area contributed by atoms with Crippen molar-refractivity contribution >= 4 is 17.7 Å². The molecule has 0 aliphatic heterocycles. The van der Waals surface area contributed by atoms with Gasteiger partial charge in [-0.1, -0.05) is 91.0 Å². The van der Waals surface area contributed by atoms with Gasteiger partial charge in [-0.2, -0.15) is 4.99 Å². The number of anilines is 1. The molecule has 0 atom stereocenters. The lowest BCUT2D eigenvalue weighted by Gasteiger charge is -2.25. The molecule has 0 aromatic heterocycles. The number of nitrogens with two attached hydrogens (primary N) is 1. The van der Waals surface area contributed by atoms with Gasteiger partial charge in [0.2, 0.25) is 17.2 Å². The van der Waals surface area contributed by atoms with Crippen LogP contribution in [0.3, 0.4) is 0 Å². The highest BCUT2D eigenvalue weighted by atomic mass is 16.6. The van der Waals surface area contributed by atoms with Crippen LogP contribution in [-0.4, -0.2) is 44.2 Å². The van der Waals surface area contributed by atoms with E-state index in [4.69, 9.17) is 29.4 Å². The van der Waals surface area contributed by atoms with E-state index < -0.39 is 6.03 Å². The van der Waals surface area contributed by atoms with Crippen LogP contribution >= 0.6 is 0 Å². The first-order valence-corrected chi connectivity index (χ1v) is 14.7. The predicted octanol–water partition coefficient (Wildman–Crippen LogP) is 6.63. The number of ether oxygens (including phenoxy) is 5. The van der Waals surface area contributed by atoms with Gasteiger partial charge in [-0.05, 0) is 30.5 Å². The minimum atomic E-state index is -0.732. The number of urea groups is 1. The summed E-state index contributed by atoms with van der Waals surface area (Å²) in [5.41, 5.74) is 8.90. The maximum atomic E-state index is 13.2. The molecule has 0 unspecified atom stereocenters. The molecule has 10 nitrogen and oxygen atoms in total. The van der Waals surface area contributed by atoms with Crippen molar-refractivity contribution in [2.24, 2.45) is 10.7 Å². The van der Waals surface area contributed by atoms with Crippen LogP contribution in [0, 0.1) is 0 Å². The van der Waals surface area contributed by atoms with E-state index >= 15 is 0 Å². The Morgan fingerprint density at radius 3 is 1.31 bits per heavy atom. The van der Waals surface area contributed by atoms with Crippen molar-refractivity contribution in [2.45, 2.75) is 33.7 Å². The average molecular weight is 613 g/mol. The van der Waals surface area contributed by atoms with Gasteiger partial charge in [-0.25, -0.2) is 4.79 Å². The molecule has 4 aromatic carbocycles. The second-order valence-corrected chi connectivity index (χ2v) is 10.0. The van der Waals surface area contributed by atoms with Crippen molar-refractivity contribution in [3.8, 4) is 28.7 Å². The van der Waals surface area contributed by atoms with Crippen molar-refractivity contribution in [1.29, 1.82) is 0 Å². The molecule has 0 saturated heterocycles. The number of guanidine groups is 1. The molecule has 0 aliphatic carbocycles. The minimum absolute atomic E-state index is 0.0207. The molecular weight excluding hydrogens is 572 g/mol. The molecule has 3 N–H and O–H groups in total. The van der Waals surface area contributed by atoms with Crippen LogP contribution in [0.2, 0.25) is 0 Å². The fourth-order valence-electron chi connectivity index (χ4n) is 4.24. The van der Waals surface area contributed by atoms with E-state index in [2.05, 4.69) is 10.3 Å². The lowest BCUT2D eigenvalue weighted by Crippen LogP contribution is -2.32. The Morgan fingerprint density at radius 2 is 0.978 bits per heavy atom. The normalized spacial score (nSPS) is 11.0. The topological polar surface area (TPSA) is 117 Å². The van der Waals surface area contributed by atoms with Crippen molar-refractivity contribution in [3.05, 3.63) is 108 Å². The molecule has 4 rings (SSSR count). The summed E-state index contributed by atoms with van der Waals surface area (Å²) in [5.74, 6) is 1.18. The molecule has 0 heterocycles. The van der Waals surface area contributed by atoms with Gasteiger partial charge >= 0.3 is 6.03 Å². The molecule has 0 radical (unpaired) electrons. The Kier molecular flexibility index (Phi) is 11.9. The fraction of sp³-hybridized carbons (Fsp3) is 0.257. The number of nitrogens with zero attached hydrogens (tertiary/aromatic N) is 2. The van der Waals surface area contributed by atoms with Crippen LogP contribution in [0.4, 0.5) is 10.5 Å². The van der Waals surface area contributed by atoms with Crippen LogP contribution in [0.5, 0.6) is 28.7 Å². The summed E-state index contributed by atoms with van der Waals surface area (Å²) in [5, 5.41) is 2.81. The largest absolute Gasteiger partial charge is 0.488 e. The zero-order valence-electron chi connectivity index (χ0n) is 26.1. The minimum Gasteiger partial charge on any atom is -0.488 e. The molecular formula is C35H40N4O6. The summed E-state index contributed by atoms with van der Waals surface area (Å²) in [7, 11) is 3.38. The number of nitrogens with one attached hydrogen (secondary N) is 1. The van der Waals surface area contributed by atoms with Gasteiger partial charge in [0.25, 0.3) is 0 Å². The number of carbonyl (C=O) groups excluding carboxylic acids is 1. The molecule has 0 spiro atoms. The van der Waals surface area contributed by atoms with E-state index in [0.717, 1.165) is 16.7 Å². The number of rotatable bonds is 14. The van der Waals surface area contributed by atoms with Gasteiger partial charge in [0.1, 0.15) is 25.5 Å². The lowest BCUT2D eigenvalue weighted by atomic mass is 10.1. The van der Waals surface area contributed by atoms with E-state index in [1.165, 1.54) is 4.90 Å². The molecule has 45 heavy (non-hydrogen) atoms. The Morgan fingerprint density at radius 1 is 0.622 bits per heavy atom. The quantitative estimate of drug-likeness (QED) is 0.120. The summed E-state index contributed by atoms with van der Waals surface area (Å²) >= 11 is 0. The van der Waals surface area contributed by atoms with Gasteiger partial charge in [-0.3, -0.25) is 5.32 Å². The Balaban J connectivity index is 1.92. The first kappa shape index (κ1) is 32.5. The number of amides is 2. The molecule has 0 saturated carbocycles. The monoisotopic (exact) mass is 612 g/mol. The zero-order valence-corrected chi connectivity index (χ0v) is 26.1. The van der Waals surface area contributed by atoms with Crippen molar-refractivity contribution in [1.82, 2.24) is 4.90 Å². The average Bonchev–Trinajstić information content (AvgIpc) is 3.05. The van der Waals surface area contributed by atoms with E-state index in [-0.39, 0.29) is 73.4 Å². The van der Waals surface area contributed by atoms with Crippen LogP contribution in [0.15, 0.2) is 96.0 Å². The SMILES string of the molecule is CCOc1c(NC(=O)N=C(N)N(C)C)c(OCC)c(OCc2ccccc2)c(OCc2ccccc2)c1OCc1ccccc1. The summed E-state index contributed by atoms with van der Waals surface area (Å²) in [6.45, 7) is 4.75. The van der Waals surface area contributed by atoms with Gasteiger partial charge in [0, 0.05) is 14.1 Å². The molecule has 4 aromatic rings. The molecule has 0 aliphatic rings. The maximum absolute atomic E-state index is 13.2. The fourth-order valence-corrected chi connectivity index (χ4v) is 4.24. The highest BCUT2D eigenvalue weighted by molar-refractivity contribution is 6.01. The summed E-state index contributed by atoms with van der Waals surface area (Å²) in [6.07, 6.45) is 0. The highest BCUT2D eigenvalue weighted by Crippen LogP contribution is 2.57. The third-order valence-corrected chi connectivity index (χ3v) is 6.44. The van der Waals surface area contributed by atoms with Gasteiger partial charge in [-0.15, -0.1) is 0 Å². The van der Waals surface area contributed by atoms with E-state index in [0.29, 0.717) is 0 Å². The standard InChI is InChI=1S/C35H40N4O6/c1-5-41-29-28(37-35(40)38-34(36)39(3)4)30(42-6-2)32(44-23-26-18-12-8-13-19-26)33(45-24-27-20-14-9-15-21-27)31(29)43-22-25-16-10-7-11-17-25/h7-21H,5-6,22-24H2,1-4H3,(H3,36,37,38,40). The number of hydrogen-bond acceptors (Lipinski definition) is 6. The van der Waals surface area contributed by atoms with Crippen LogP contribution in [-0.2, 0) is 19.8 Å². The Hall–Kier alpha value is -5.38. The van der Waals surface area contributed by atoms with Crippen molar-refractivity contribution in [2.75, 3.05) is 32.6 Å². The number of benzene rings is 4. The van der Waals surface area contributed by atoms with Crippen LogP contribution in [0.1, 0.15) is 30.5 Å². The zero-order chi connectivity index (χ0) is 32.0. The maximum Gasteiger partial charge on any atom is 0.348 e. The number of aliphatic imine (C=N–C) groups is 1. The second-order valence-electron chi connectivity index (χ2n) is 10.0. The molecule has 10 heteroatoms. The predicted molar refractivity (Wildman–Crippen MR) is 175 cm³/mol. The first-order chi connectivity index (χ1) is 21.9. The van der Waals surface area contributed by atoms with E-state index in [1.807, 2.05) is 105 Å². The summed E-state index contributed by atoms with van der Waals surface area (Å²) in [4.78, 5) is 18.7. The smallest absolute Gasteiger partial charge is 0.348 e. The number of hydrogen-bond donors (Lipinski definition) is 2. The lowest BCUT2D eigenvalue weighted by molar-refractivity contribution is 0.208. The third kappa shape index (κ3) is 9.06. The summed E-state index contributed by atoms with van der Waals surface area (Å²) in [6, 6.07) is 28.4. The number of carbonyl (C=O) groups is 1. The summed E-state index contributed by atoms with van der Waals surface area (Å²) < 4.78 is 31.7. The van der Waals surface area contributed by atoms with Crippen LogP contribution in [0.25, 0.3) is 0 Å². The van der Waals surface area contributed by atoms with Gasteiger partial charge in [0.15, 0.2) is 17.5 Å². The van der Waals surface area contributed by atoms with Crippen molar-refractivity contribution < 1.29 is 28.5 Å². The van der Waals surface area contributed by atoms with Gasteiger partial charge in [0.05, 0.1) is 13.2 Å².